The second-order valence-corrected chi connectivity index (χ2v) is 8.32. The number of aryl methyl sites for hydroxylation is 1. The van der Waals surface area contributed by atoms with Gasteiger partial charge in [-0.2, -0.15) is 8.42 Å². The smallest absolute Gasteiger partial charge is 0.297 e. The van der Waals surface area contributed by atoms with E-state index in [-0.39, 0.29) is 10.8 Å². The van der Waals surface area contributed by atoms with Gasteiger partial charge in [0.05, 0.1) is 16.6 Å². The van der Waals surface area contributed by atoms with Crippen LogP contribution in [0.1, 0.15) is 50.5 Å². The van der Waals surface area contributed by atoms with Crippen molar-refractivity contribution < 1.29 is 17.7 Å². The Balaban J connectivity index is 1.80. The van der Waals surface area contributed by atoms with Crippen molar-refractivity contribution in [1.29, 1.82) is 0 Å². The van der Waals surface area contributed by atoms with Gasteiger partial charge >= 0.3 is 0 Å². The van der Waals surface area contributed by atoms with E-state index in [1.807, 2.05) is 6.92 Å². The van der Waals surface area contributed by atoms with Crippen LogP contribution in [0.2, 0.25) is 0 Å². The largest absolute Gasteiger partial charge is 0.390 e. The van der Waals surface area contributed by atoms with E-state index in [9.17, 15) is 13.5 Å². The van der Waals surface area contributed by atoms with Gasteiger partial charge in [0.2, 0.25) is 0 Å². The molecule has 0 spiro atoms. The summed E-state index contributed by atoms with van der Waals surface area (Å²) in [5.74, 6) is -0.0600. The number of hydrogen-bond donors (Lipinski definition) is 1. The molecule has 3 atom stereocenters. The van der Waals surface area contributed by atoms with E-state index in [0.717, 1.165) is 44.1 Å². The summed E-state index contributed by atoms with van der Waals surface area (Å²) in [7, 11) is -3.77. The summed E-state index contributed by atoms with van der Waals surface area (Å²) < 4.78 is 30.5. The lowest BCUT2D eigenvalue weighted by Crippen LogP contribution is -2.50. The van der Waals surface area contributed by atoms with Crippen LogP contribution in [0.4, 0.5) is 0 Å². The summed E-state index contributed by atoms with van der Waals surface area (Å²) in [5, 5.41) is 10.8. The molecular weight excluding hydrogens is 300 g/mol. The van der Waals surface area contributed by atoms with E-state index in [2.05, 4.69) is 0 Å². The van der Waals surface area contributed by atoms with Gasteiger partial charge in [0.1, 0.15) is 0 Å². The Kier molecular flexibility index (Phi) is 4.32. The fourth-order valence-corrected chi connectivity index (χ4v) is 5.08. The van der Waals surface area contributed by atoms with Gasteiger partial charge in [-0.25, -0.2) is 0 Å². The summed E-state index contributed by atoms with van der Waals surface area (Å²) in [4.78, 5) is 0.197. The lowest BCUT2D eigenvalue weighted by Gasteiger charge is -2.47. The van der Waals surface area contributed by atoms with Crippen LogP contribution in [0.5, 0.6) is 0 Å². The first-order valence-electron chi connectivity index (χ1n) is 8.13. The Bertz CT molecular complexity index is 619. The molecule has 4 nitrogen and oxygen atoms in total. The molecule has 0 saturated heterocycles. The van der Waals surface area contributed by atoms with Gasteiger partial charge in [0.15, 0.2) is 0 Å². The summed E-state index contributed by atoms with van der Waals surface area (Å²) in [6, 6.07) is 6.71. The second-order valence-electron chi connectivity index (χ2n) is 6.75. The molecule has 122 valence electrons. The van der Waals surface area contributed by atoms with Gasteiger partial charge in [-0.3, -0.25) is 4.18 Å². The third kappa shape index (κ3) is 3.07. The van der Waals surface area contributed by atoms with Crippen LogP contribution in [0.15, 0.2) is 29.2 Å². The second kappa shape index (κ2) is 5.95. The van der Waals surface area contributed by atoms with Crippen LogP contribution in [-0.2, 0) is 14.3 Å². The van der Waals surface area contributed by atoms with E-state index in [0.29, 0.717) is 6.42 Å². The predicted octanol–water partition coefficient (Wildman–Crippen LogP) is 3.17. The lowest BCUT2D eigenvalue weighted by atomic mass is 9.66. The minimum atomic E-state index is -3.77. The monoisotopic (exact) mass is 324 g/mol. The highest BCUT2D eigenvalue weighted by Crippen LogP contribution is 2.45. The zero-order chi connectivity index (χ0) is 15.8. The van der Waals surface area contributed by atoms with Gasteiger partial charge < -0.3 is 5.11 Å². The average Bonchev–Trinajstić information content (AvgIpc) is 2.47. The van der Waals surface area contributed by atoms with Gasteiger partial charge in [0.25, 0.3) is 10.1 Å². The molecule has 0 heterocycles. The molecule has 2 fully saturated rings. The first-order valence-corrected chi connectivity index (χ1v) is 9.54. The fraction of sp³-hybridized carbons (Fsp3) is 0.647. The van der Waals surface area contributed by atoms with Crippen LogP contribution in [0.25, 0.3) is 0 Å². The van der Waals surface area contributed by atoms with E-state index >= 15 is 0 Å². The van der Waals surface area contributed by atoms with Crippen molar-refractivity contribution in [1.82, 2.24) is 0 Å². The molecule has 0 radical (unpaired) electrons. The number of fused-ring (bicyclic) bond motifs is 1. The highest BCUT2D eigenvalue weighted by atomic mass is 32.2. The Labute approximate surface area is 132 Å². The van der Waals surface area contributed by atoms with Crippen molar-refractivity contribution in [2.24, 2.45) is 5.92 Å². The fourth-order valence-electron chi connectivity index (χ4n) is 3.94. The third-order valence-electron chi connectivity index (χ3n) is 5.17. The molecule has 0 bridgehead atoms. The maximum absolute atomic E-state index is 12.5. The minimum Gasteiger partial charge on any atom is -0.390 e. The molecule has 2 aliphatic carbocycles. The number of aliphatic hydroxyl groups is 1. The van der Waals surface area contributed by atoms with E-state index in [1.54, 1.807) is 24.3 Å². The minimum absolute atomic E-state index is 0.0600. The standard InChI is InChI=1S/C17H24O4S/c1-13-7-9-14(10-8-13)22(19,20)21-16-6-4-12-17(18)11-3-2-5-15(16)17/h7-10,15-16,18H,2-6,11-12H2,1H3/t15-,16+,17-/m1/s1. The molecule has 0 aliphatic heterocycles. The van der Waals surface area contributed by atoms with Crippen molar-refractivity contribution in [2.75, 3.05) is 0 Å². The molecule has 1 aromatic carbocycles. The maximum atomic E-state index is 12.5. The Hall–Kier alpha value is -0.910. The molecule has 22 heavy (non-hydrogen) atoms. The molecule has 0 aromatic heterocycles. The number of rotatable bonds is 3. The summed E-state index contributed by atoms with van der Waals surface area (Å²) >= 11 is 0. The average molecular weight is 324 g/mol. The first kappa shape index (κ1) is 16.0. The van der Waals surface area contributed by atoms with Gasteiger partial charge in [-0.15, -0.1) is 0 Å². The summed E-state index contributed by atoms with van der Waals surface area (Å²) in [5.41, 5.74) is 0.280. The lowest BCUT2D eigenvalue weighted by molar-refractivity contribution is -0.116. The highest BCUT2D eigenvalue weighted by molar-refractivity contribution is 7.86. The summed E-state index contributed by atoms with van der Waals surface area (Å²) in [6.07, 6.45) is 5.57. The molecule has 2 aliphatic rings. The van der Waals surface area contributed by atoms with E-state index in [4.69, 9.17) is 4.18 Å². The van der Waals surface area contributed by atoms with Crippen LogP contribution >= 0.6 is 0 Å². The van der Waals surface area contributed by atoms with Gasteiger partial charge in [0, 0.05) is 5.92 Å². The Morgan fingerprint density at radius 1 is 1.09 bits per heavy atom. The van der Waals surface area contributed by atoms with Crippen LogP contribution < -0.4 is 0 Å². The first-order chi connectivity index (χ1) is 10.4. The van der Waals surface area contributed by atoms with Crippen LogP contribution in [-0.4, -0.2) is 25.2 Å². The molecule has 2 saturated carbocycles. The van der Waals surface area contributed by atoms with Crippen LogP contribution in [0, 0.1) is 12.8 Å². The number of hydrogen-bond acceptors (Lipinski definition) is 4. The van der Waals surface area contributed by atoms with E-state index in [1.165, 1.54) is 0 Å². The molecule has 5 heteroatoms. The van der Waals surface area contributed by atoms with Gasteiger partial charge in [-0.1, -0.05) is 30.5 Å². The molecule has 1 N–H and O–H groups in total. The molecule has 1 aromatic rings. The highest BCUT2D eigenvalue weighted by Gasteiger charge is 2.47. The van der Waals surface area contributed by atoms with Gasteiger partial charge in [-0.05, 0) is 51.2 Å². The molecule has 0 amide bonds. The van der Waals surface area contributed by atoms with Crippen molar-refractivity contribution in [3.8, 4) is 0 Å². The maximum Gasteiger partial charge on any atom is 0.297 e. The third-order valence-corrected chi connectivity index (χ3v) is 6.52. The van der Waals surface area contributed by atoms with Crippen molar-refractivity contribution in [3.05, 3.63) is 29.8 Å². The van der Waals surface area contributed by atoms with Crippen molar-refractivity contribution in [2.45, 2.75) is 68.5 Å². The Morgan fingerprint density at radius 2 is 1.77 bits per heavy atom. The quantitative estimate of drug-likeness (QED) is 0.867. The summed E-state index contributed by atoms with van der Waals surface area (Å²) in [6.45, 7) is 1.92. The van der Waals surface area contributed by atoms with Crippen molar-refractivity contribution >= 4 is 10.1 Å². The molecular formula is C17H24O4S. The normalized spacial score (nSPS) is 32.5. The molecule has 0 unspecified atom stereocenters. The number of benzene rings is 1. The predicted molar refractivity (Wildman–Crippen MR) is 84.0 cm³/mol. The topological polar surface area (TPSA) is 63.6 Å². The zero-order valence-corrected chi connectivity index (χ0v) is 13.8. The van der Waals surface area contributed by atoms with E-state index < -0.39 is 21.8 Å². The van der Waals surface area contributed by atoms with Crippen LogP contribution in [0.3, 0.4) is 0 Å². The SMILES string of the molecule is Cc1ccc(S(=O)(=O)O[C@H]2CCC[C@]3(O)CCCC[C@H]23)cc1. The zero-order valence-electron chi connectivity index (χ0n) is 13.0. The van der Waals surface area contributed by atoms with Crippen molar-refractivity contribution in [3.63, 3.8) is 0 Å². The molecule has 3 rings (SSSR count). The Morgan fingerprint density at radius 3 is 2.50 bits per heavy atom.